The maximum atomic E-state index is 6.00. The molecule has 106 valence electrons. The van der Waals surface area contributed by atoms with E-state index in [1.54, 1.807) is 0 Å². The van der Waals surface area contributed by atoms with Gasteiger partial charge in [-0.25, -0.2) is 0 Å². The van der Waals surface area contributed by atoms with Crippen LogP contribution in [-0.2, 0) is 0 Å². The van der Waals surface area contributed by atoms with Crippen LogP contribution in [0, 0.1) is 0 Å². The molecule has 3 rings (SSSR count). The van der Waals surface area contributed by atoms with Crippen molar-refractivity contribution in [3.05, 3.63) is 30.0 Å². The first-order chi connectivity index (χ1) is 9.79. The Kier molecular flexibility index (Phi) is 3.63. The van der Waals surface area contributed by atoms with Gasteiger partial charge in [0.25, 0.3) is 0 Å². The van der Waals surface area contributed by atoms with Crippen LogP contribution in [0.4, 0.5) is 5.82 Å². The molecule has 0 unspecified atom stereocenters. The fraction of sp³-hybridized carbons (Fsp3) is 0.438. The summed E-state index contributed by atoms with van der Waals surface area (Å²) in [5.41, 5.74) is 8.01. The largest absolute Gasteiger partial charge is 0.494 e. The van der Waals surface area contributed by atoms with Gasteiger partial charge in [0.05, 0.1) is 12.2 Å². The van der Waals surface area contributed by atoms with E-state index in [0.29, 0.717) is 18.3 Å². The van der Waals surface area contributed by atoms with Crippen molar-refractivity contribution in [1.82, 2.24) is 5.16 Å². The van der Waals surface area contributed by atoms with Gasteiger partial charge < -0.3 is 15.0 Å². The molecule has 0 spiro atoms. The zero-order chi connectivity index (χ0) is 13.9. The van der Waals surface area contributed by atoms with Crippen LogP contribution in [0.1, 0.15) is 44.3 Å². The average Bonchev–Trinajstić information content (AvgIpc) is 3.09. The molecule has 1 aliphatic carbocycles. The molecule has 4 heteroatoms. The standard InChI is InChI=1S/C16H20N2O2/c1-2-19-13-9-7-11(8-10-13)14-15(20-18-16(14)17)12-5-3-4-6-12/h7-10,12H,2-6H2,1H3,(H2,17,18). The topological polar surface area (TPSA) is 61.3 Å². The van der Waals surface area contributed by atoms with E-state index in [-0.39, 0.29) is 0 Å². The van der Waals surface area contributed by atoms with Gasteiger partial charge in [-0.3, -0.25) is 0 Å². The molecule has 20 heavy (non-hydrogen) atoms. The lowest BCUT2D eigenvalue weighted by Crippen LogP contribution is -1.95. The first-order valence-corrected chi connectivity index (χ1v) is 7.28. The van der Waals surface area contributed by atoms with Crippen LogP contribution in [0.2, 0.25) is 0 Å². The average molecular weight is 272 g/mol. The molecule has 1 fully saturated rings. The molecular weight excluding hydrogens is 252 g/mol. The Hall–Kier alpha value is -1.97. The van der Waals surface area contributed by atoms with Gasteiger partial charge in [-0.05, 0) is 37.5 Å². The molecule has 0 aliphatic heterocycles. The number of nitrogens with zero attached hydrogens (tertiary/aromatic N) is 1. The second-order valence-electron chi connectivity index (χ2n) is 5.25. The van der Waals surface area contributed by atoms with Gasteiger partial charge >= 0.3 is 0 Å². The minimum absolute atomic E-state index is 0.460. The van der Waals surface area contributed by atoms with Crippen molar-refractivity contribution < 1.29 is 9.26 Å². The lowest BCUT2D eigenvalue weighted by atomic mass is 9.96. The van der Waals surface area contributed by atoms with Gasteiger partial charge in [0.2, 0.25) is 0 Å². The zero-order valence-corrected chi connectivity index (χ0v) is 11.8. The predicted molar refractivity (Wildman–Crippen MR) is 78.7 cm³/mol. The van der Waals surface area contributed by atoms with Gasteiger partial charge in [-0.2, -0.15) is 0 Å². The Morgan fingerprint density at radius 3 is 2.60 bits per heavy atom. The summed E-state index contributed by atoms with van der Waals surface area (Å²) < 4.78 is 11.0. The summed E-state index contributed by atoms with van der Waals surface area (Å²) in [6.45, 7) is 2.65. The Bertz CT molecular complexity index is 569. The SMILES string of the molecule is CCOc1ccc(-c2c(N)noc2C2CCCC2)cc1. The van der Waals surface area contributed by atoms with Crippen LogP contribution in [0.25, 0.3) is 11.1 Å². The molecule has 1 saturated carbocycles. The van der Waals surface area contributed by atoms with E-state index in [9.17, 15) is 0 Å². The van der Waals surface area contributed by atoms with Crippen LogP contribution >= 0.6 is 0 Å². The fourth-order valence-corrected chi connectivity index (χ4v) is 2.96. The van der Waals surface area contributed by atoms with Crippen molar-refractivity contribution in [2.75, 3.05) is 12.3 Å². The highest BCUT2D eigenvalue weighted by Crippen LogP contribution is 2.41. The third-order valence-electron chi connectivity index (χ3n) is 3.92. The maximum absolute atomic E-state index is 6.00. The molecule has 4 nitrogen and oxygen atoms in total. The van der Waals surface area contributed by atoms with Crippen molar-refractivity contribution in [2.45, 2.75) is 38.5 Å². The minimum atomic E-state index is 0.460. The smallest absolute Gasteiger partial charge is 0.175 e. The summed E-state index contributed by atoms with van der Waals surface area (Å²) >= 11 is 0. The third kappa shape index (κ3) is 2.38. The summed E-state index contributed by atoms with van der Waals surface area (Å²) in [6, 6.07) is 7.96. The lowest BCUT2D eigenvalue weighted by Gasteiger charge is -2.09. The monoisotopic (exact) mass is 272 g/mol. The number of ether oxygens (including phenoxy) is 1. The van der Waals surface area contributed by atoms with Crippen molar-refractivity contribution in [3.63, 3.8) is 0 Å². The number of rotatable bonds is 4. The first kappa shape index (κ1) is 13.0. The Morgan fingerprint density at radius 2 is 1.95 bits per heavy atom. The van der Waals surface area contributed by atoms with Gasteiger partial charge in [0, 0.05) is 5.92 Å². The van der Waals surface area contributed by atoms with Gasteiger partial charge in [-0.1, -0.05) is 30.1 Å². The normalized spacial score (nSPS) is 15.7. The van der Waals surface area contributed by atoms with Crippen molar-refractivity contribution in [2.24, 2.45) is 0 Å². The molecule has 0 radical (unpaired) electrons. The molecule has 1 heterocycles. The van der Waals surface area contributed by atoms with Crippen molar-refractivity contribution in [3.8, 4) is 16.9 Å². The molecule has 1 aromatic heterocycles. The Balaban J connectivity index is 1.94. The summed E-state index contributed by atoms with van der Waals surface area (Å²) in [6.07, 6.45) is 4.85. The highest BCUT2D eigenvalue weighted by atomic mass is 16.5. The Morgan fingerprint density at radius 1 is 1.25 bits per heavy atom. The molecule has 0 amide bonds. The summed E-state index contributed by atoms with van der Waals surface area (Å²) in [4.78, 5) is 0. The maximum Gasteiger partial charge on any atom is 0.175 e. The van der Waals surface area contributed by atoms with Gasteiger partial charge in [0.15, 0.2) is 5.82 Å². The number of anilines is 1. The quantitative estimate of drug-likeness (QED) is 0.914. The van der Waals surface area contributed by atoms with Crippen LogP contribution < -0.4 is 10.5 Å². The second kappa shape index (κ2) is 5.57. The highest BCUT2D eigenvalue weighted by Gasteiger charge is 2.26. The summed E-state index contributed by atoms with van der Waals surface area (Å²) in [7, 11) is 0. The highest BCUT2D eigenvalue weighted by molar-refractivity contribution is 5.76. The van der Waals surface area contributed by atoms with E-state index in [1.807, 2.05) is 31.2 Å². The lowest BCUT2D eigenvalue weighted by molar-refractivity contribution is 0.340. The summed E-state index contributed by atoms with van der Waals surface area (Å²) in [5, 5.41) is 3.97. The minimum Gasteiger partial charge on any atom is -0.494 e. The molecule has 0 bridgehead atoms. The number of benzene rings is 1. The van der Waals surface area contributed by atoms with Crippen molar-refractivity contribution in [1.29, 1.82) is 0 Å². The zero-order valence-electron chi connectivity index (χ0n) is 11.8. The number of hydrogen-bond acceptors (Lipinski definition) is 4. The van der Waals surface area contributed by atoms with Crippen LogP contribution in [0.15, 0.2) is 28.8 Å². The predicted octanol–water partition coefficient (Wildman–Crippen LogP) is 3.98. The molecule has 2 N–H and O–H groups in total. The third-order valence-corrected chi connectivity index (χ3v) is 3.92. The number of nitrogen functional groups attached to an aromatic ring is 1. The van der Waals surface area contributed by atoms with E-state index in [4.69, 9.17) is 15.0 Å². The molecule has 0 saturated heterocycles. The van der Waals surface area contributed by atoms with Gasteiger partial charge in [0.1, 0.15) is 11.5 Å². The van der Waals surface area contributed by atoms with E-state index >= 15 is 0 Å². The molecular formula is C16H20N2O2. The summed E-state index contributed by atoms with van der Waals surface area (Å²) in [5.74, 6) is 2.76. The van der Waals surface area contributed by atoms with E-state index < -0.39 is 0 Å². The van der Waals surface area contributed by atoms with E-state index in [0.717, 1.165) is 22.6 Å². The fourth-order valence-electron chi connectivity index (χ4n) is 2.96. The van der Waals surface area contributed by atoms with E-state index in [2.05, 4.69) is 5.16 Å². The second-order valence-corrected chi connectivity index (χ2v) is 5.25. The van der Waals surface area contributed by atoms with Crippen molar-refractivity contribution >= 4 is 5.82 Å². The van der Waals surface area contributed by atoms with Crippen LogP contribution in [-0.4, -0.2) is 11.8 Å². The molecule has 2 aromatic rings. The number of aromatic nitrogens is 1. The van der Waals surface area contributed by atoms with Gasteiger partial charge in [-0.15, -0.1) is 0 Å². The molecule has 1 aromatic carbocycles. The van der Waals surface area contributed by atoms with Crippen LogP contribution in [0.5, 0.6) is 5.75 Å². The molecule has 0 atom stereocenters. The number of hydrogen-bond donors (Lipinski definition) is 1. The molecule has 1 aliphatic rings. The Labute approximate surface area is 118 Å². The van der Waals surface area contributed by atoms with E-state index in [1.165, 1.54) is 25.7 Å². The van der Waals surface area contributed by atoms with Crippen LogP contribution in [0.3, 0.4) is 0 Å². The number of nitrogens with two attached hydrogens (primary N) is 1. The first-order valence-electron chi connectivity index (χ1n) is 7.28.